The zero-order chi connectivity index (χ0) is 38.5. The van der Waals surface area contributed by atoms with Gasteiger partial charge in [-0.25, -0.2) is 0 Å². The van der Waals surface area contributed by atoms with Gasteiger partial charge in [-0.1, -0.05) is 117 Å². The first-order chi connectivity index (χ1) is 26.0. The molecule has 0 fully saturated rings. The molecule has 0 aliphatic carbocycles. The topological polar surface area (TPSA) is 52.6 Å². The monoisotopic (exact) mass is 853 g/mol. The van der Waals surface area contributed by atoms with E-state index in [2.05, 4.69) is 27.7 Å². The van der Waals surface area contributed by atoms with Crippen LogP contribution in [0.15, 0.2) is 11.1 Å². The van der Waals surface area contributed by atoms with Gasteiger partial charge in [-0.2, -0.15) is 0 Å². The fourth-order valence-corrected chi connectivity index (χ4v) is 17.9. The molecule has 0 radical (unpaired) electrons. The van der Waals surface area contributed by atoms with Crippen LogP contribution in [-0.4, -0.2) is 31.1 Å². The summed E-state index contributed by atoms with van der Waals surface area (Å²) in [5.74, 6) is -0.377. The zero-order valence-corrected chi connectivity index (χ0v) is 39.3. The second-order valence-corrected chi connectivity index (χ2v) is 26.2. The van der Waals surface area contributed by atoms with E-state index >= 15 is 0 Å². The van der Waals surface area contributed by atoms with Crippen molar-refractivity contribution in [2.24, 2.45) is 0 Å². The van der Waals surface area contributed by atoms with E-state index in [-0.39, 0.29) is 11.9 Å². The van der Waals surface area contributed by atoms with Gasteiger partial charge in [0.1, 0.15) is 0 Å². The third kappa shape index (κ3) is 27.7. The third-order valence-corrected chi connectivity index (χ3v) is 21.3. The summed E-state index contributed by atoms with van der Waals surface area (Å²) in [5.41, 5.74) is 1.35. The molecule has 0 atom stereocenters. The van der Waals surface area contributed by atoms with Crippen molar-refractivity contribution in [3.05, 3.63) is 11.1 Å². The standard InChI is InChI=1S/C40H76O4.2C4H9.Sn/c1-3-5-7-9-11-13-15-17-19-21-23-25-27-29-31-33-35-37(39(41)42)38(40(43)44)36-34-32-30-28-26-24-22-20-18-16-14-12-10-8-6-4-2;2*1-3-4-2;/h3-36H2,1-2H3,(H,41,42)(H,43,44);2*1,3-4H2,2H3;/q;;;+2/p-2. The van der Waals surface area contributed by atoms with Crippen LogP contribution in [0, 0.1) is 0 Å². The van der Waals surface area contributed by atoms with Gasteiger partial charge < -0.3 is 0 Å². The molecule has 1 rings (SSSR count). The fraction of sp³-hybridized carbons (Fsp3) is 0.917. The van der Waals surface area contributed by atoms with Crippen molar-refractivity contribution in [1.82, 2.24) is 0 Å². The van der Waals surface area contributed by atoms with Gasteiger partial charge >= 0.3 is 222 Å². The first-order valence-electron chi connectivity index (χ1n) is 24.2. The molecule has 312 valence electrons. The predicted octanol–water partition coefficient (Wildman–Crippen LogP) is 16.7. The van der Waals surface area contributed by atoms with Gasteiger partial charge in [0.05, 0.1) is 0 Å². The van der Waals surface area contributed by atoms with Crippen molar-refractivity contribution in [2.75, 3.05) is 0 Å². The molecule has 0 N–H and O–H groups in total. The summed E-state index contributed by atoms with van der Waals surface area (Å²) in [6, 6.07) is 0. The normalized spacial score (nSPS) is 14.5. The van der Waals surface area contributed by atoms with Crippen molar-refractivity contribution in [2.45, 2.75) is 281 Å². The van der Waals surface area contributed by atoms with Gasteiger partial charge in [0.25, 0.3) is 0 Å². The third-order valence-electron chi connectivity index (χ3n) is 11.8. The summed E-state index contributed by atoms with van der Waals surface area (Å²) < 4.78 is 14.4. The van der Waals surface area contributed by atoms with Gasteiger partial charge in [0.2, 0.25) is 0 Å². The second kappa shape index (κ2) is 37.1. The van der Waals surface area contributed by atoms with Crippen LogP contribution in [0.5, 0.6) is 0 Å². The van der Waals surface area contributed by atoms with Gasteiger partial charge in [0, 0.05) is 0 Å². The van der Waals surface area contributed by atoms with E-state index in [4.69, 9.17) is 6.15 Å². The molecular weight excluding hydrogens is 759 g/mol. The summed E-state index contributed by atoms with van der Waals surface area (Å²) >= 11 is -3.83. The quantitative estimate of drug-likeness (QED) is 0.0455. The minimum atomic E-state index is -3.83. The Morgan fingerprint density at radius 1 is 0.302 bits per heavy atom. The van der Waals surface area contributed by atoms with Crippen molar-refractivity contribution in [3.8, 4) is 0 Å². The number of carbonyl (C=O) groups excluding carboxylic acids is 2. The second-order valence-electron chi connectivity index (χ2n) is 17.0. The molecule has 0 unspecified atom stereocenters. The first-order valence-corrected chi connectivity index (χ1v) is 30.6. The van der Waals surface area contributed by atoms with Gasteiger partial charge in [-0.3, -0.25) is 0 Å². The Labute approximate surface area is 336 Å². The maximum absolute atomic E-state index is 13.8. The average molecular weight is 852 g/mol. The summed E-state index contributed by atoms with van der Waals surface area (Å²) in [5, 5.41) is 0. The van der Waals surface area contributed by atoms with Gasteiger partial charge in [-0.05, 0) is 0 Å². The van der Waals surface area contributed by atoms with Crippen LogP contribution in [-0.2, 0) is 15.7 Å². The van der Waals surface area contributed by atoms with E-state index in [1.807, 2.05) is 0 Å². The Hall–Kier alpha value is -0.521. The molecule has 0 aromatic rings. The van der Waals surface area contributed by atoms with Gasteiger partial charge in [0.15, 0.2) is 0 Å². The van der Waals surface area contributed by atoms with Crippen LogP contribution < -0.4 is 0 Å². The van der Waals surface area contributed by atoms with E-state index in [0.717, 1.165) is 60.2 Å². The Bertz CT molecular complexity index is 813. The minimum absolute atomic E-state index is 0.189. The summed E-state index contributed by atoms with van der Waals surface area (Å²) in [6.45, 7) is 8.92. The Morgan fingerprint density at radius 3 is 0.736 bits per heavy atom. The Balaban J connectivity index is 2.46. The van der Waals surface area contributed by atoms with Crippen LogP contribution in [0.25, 0.3) is 0 Å². The van der Waals surface area contributed by atoms with E-state index in [9.17, 15) is 9.59 Å². The van der Waals surface area contributed by atoms with Crippen molar-refractivity contribution in [1.29, 1.82) is 0 Å². The average Bonchev–Trinajstić information content (AvgIpc) is 3.25. The molecule has 0 spiro atoms. The number of hydrogen-bond donors (Lipinski definition) is 0. The van der Waals surface area contributed by atoms with Crippen molar-refractivity contribution in [3.63, 3.8) is 0 Å². The molecule has 0 aromatic heterocycles. The molecule has 0 amide bonds. The van der Waals surface area contributed by atoms with E-state index in [0.29, 0.717) is 24.0 Å². The molecule has 0 saturated carbocycles. The van der Waals surface area contributed by atoms with Crippen LogP contribution in [0.1, 0.15) is 272 Å². The summed E-state index contributed by atoms with van der Waals surface area (Å²) in [4.78, 5) is 27.6. The number of rotatable bonds is 40. The fourth-order valence-electron chi connectivity index (χ4n) is 8.16. The predicted molar refractivity (Wildman–Crippen MR) is 233 cm³/mol. The van der Waals surface area contributed by atoms with Gasteiger partial charge in [-0.15, -0.1) is 0 Å². The van der Waals surface area contributed by atoms with Crippen LogP contribution in [0.3, 0.4) is 0 Å². The molecule has 1 aliphatic rings. The van der Waals surface area contributed by atoms with E-state index in [1.54, 1.807) is 0 Å². The van der Waals surface area contributed by atoms with Crippen LogP contribution in [0.4, 0.5) is 0 Å². The molecule has 5 heteroatoms. The molecule has 0 bridgehead atoms. The molecule has 1 heterocycles. The summed E-state index contributed by atoms with van der Waals surface area (Å²) in [6.07, 6.45) is 48.0. The maximum atomic E-state index is 13.8. The number of unbranched alkanes of at least 4 members (excludes halogenated alkanes) is 32. The molecule has 4 nitrogen and oxygen atoms in total. The van der Waals surface area contributed by atoms with Crippen LogP contribution >= 0.6 is 0 Å². The first kappa shape index (κ1) is 50.5. The van der Waals surface area contributed by atoms with E-state index < -0.39 is 19.2 Å². The van der Waals surface area contributed by atoms with Crippen molar-refractivity contribution >= 4 is 31.1 Å². The van der Waals surface area contributed by atoms with E-state index in [1.165, 1.54) is 180 Å². The van der Waals surface area contributed by atoms with Crippen LogP contribution in [0.2, 0.25) is 8.87 Å². The molecule has 0 saturated heterocycles. The molecular formula is C48H92O4Sn. The molecule has 0 aromatic carbocycles. The number of carbonyl (C=O) groups is 2. The Morgan fingerprint density at radius 2 is 0.509 bits per heavy atom. The Kier molecular flexibility index (Phi) is 35.3. The SMILES string of the molecule is CCCCCCCCCCCCCCCCCCC1=C(CCCCCCCCCCCCCCCCCC)C(=O)[O][Sn]([CH2]CCC)([CH2]CCC)[O]C1=O. The van der Waals surface area contributed by atoms with Crippen molar-refractivity contribution < 1.29 is 15.7 Å². The molecule has 1 aliphatic heterocycles. The number of hydrogen-bond acceptors (Lipinski definition) is 4. The summed E-state index contributed by atoms with van der Waals surface area (Å²) in [7, 11) is 0. The molecule has 53 heavy (non-hydrogen) atoms. The zero-order valence-electron chi connectivity index (χ0n) is 36.4.